The summed E-state index contributed by atoms with van der Waals surface area (Å²) in [6.07, 6.45) is 0. The summed E-state index contributed by atoms with van der Waals surface area (Å²) in [4.78, 5) is 25.6. The molecular weight excluding hydrogens is 428 g/mol. The fourth-order valence-electron chi connectivity index (χ4n) is 3.33. The van der Waals surface area contributed by atoms with Gasteiger partial charge in [-0.25, -0.2) is 0 Å². The number of rotatable bonds is 10. The summed E-state index contributed by atoms with van der Waals surface area (Å²) in [6, 6.07) is 10.3. The summed E-state index contributed by atoms with van der Waals surface area (Å²) in [5, 5.41) is 0.769. The second kappa shape index (κ2) is 11.2. The molecule has 0 aliphatic carbocycles. The van der Waals surface area contributed by atoms with Gasteiger partial charge in [0.2, 0.25) is 5.75 Å². The monoisotopic (exact) mass is 456 g/mol. The van der Waals surface area contributed by atoms with Crippen molar-refractivity contribution in [2.24, 2.45) is 0 Å². The highest BCUT2D eigenvalue weighted by Crippen LogP contribution is 2.39. The van der Waals surface area contributed by atoms with Crippen molar-refractivity contribution in [2.45, 2.75) is 27.4 Å². The molecule has 3 rings (SSSR count). The Morgan fingerprint density at radius 1 is 0.879 bits per heavy atom. The Labute approximate surface area is 191 Å². The number of benzene rings is 2. The molecule has 1 heterocycles. The van der Waals surface area contributed by atoms with Crippen LogP contribution in [0.1, 0.15) is 47.2 Å². The van der Waals surface area contributed by atoms with Gasteiger partial charge in [-0.1, -0.05) is 18.2 Å². The van der Waals surface area contributed by atoms with E-state index < -0.39 is 11.8 Å². The third kappa shape index (κ3) is 5.38. The van der Waals surface area contributed by atoms with Gasteiger partial charge in [0, 0.05) is 23.6 Å². The minimum atomic E-state index is -0.604. The molecule has 0 spiro atoms. The maximum absolute atomic E-state index is 12.8. The molecule has 2 N–H and O–H groups in total. The molecule has 0 saturated carbocycles. The van der Waals surface area contributed by atoms with Crippen molar-refractivity contribution in [3.63, 3.8) is 0 Å². The number of ether oxygens (including phenoxy) is 4. The molecule has 0 unspecified atom stereocenters. The standard InChI is InChI=1S/C24H28N2O7/c1-5-30-19-12-15(13-20(31-6-2)22(19)32-7-3)23(27)25-26-24(28)21-17(14-29-4)16-10-8-9-11-18(16)33-21/h8-13H,5-7,14H2,1-4H3,(H,25,27)(H,26,28). The number of amides is 2. The Kier molecular flexibility index (Phi) is 8.15. The van der Waals surface area contributed by atoms with Crippen molar-refractivity contribution in [3.8, 4) is 17.2 Å². The molecule has 2 amide bonds. The van der Waals surface area contributed by atoms with E-state index in [1.54, 1.807) is 6.07 Å². The predicted octanol–water partition coefficient (Wildman–Crippen LogP) is 3.85. The van der Waals surface area contributed by atoms with E-state index in [2.05, 4.69) is 10.9 Å². The lowest BCUT2D eigenvalue weighted by Gasteiger charge is -2.17. The van der Waals surface area contributed by atoms with E-state index >= 15 is 0 Å². The summed E-state index contributed by atoms with van der Waals surface area (Å²) in [6.45, 7) is 6.84. The average molecular weight is 456 g/mol. The second-order valence-electron chi connectivity index (χ2n) is 6.85. The van der Waals surface area contributed by atoms with Crippen molar-refractivity contribution in [3.05, 3.63) is 53.3 Å². The minimum Gasteiger partial charge on any atom is -0.490 e. The van der Waals surface area contributed by atoms with E-state index in [0.717, 1.165) is 5.39 Å². The molecule has 0 atom stereocenters. The van der Waals surface area contributed by atoms with Gasteiger partial charge >= 0.3 is 5.91 Å². The smallest absolute Gasteiger partial charge is 0.305 e. The Morgan fingerprint density at radius 3 is 2.09 bits per heavy atom. The average Bonchev–Trinajstić information content (AvgIpc) is 3.18. The quantitative estimate of drug-likeness (QED) is 0.446. The van der Waals surface area contributed by atoms with Gasteiger partial charge in [0.05, 0.1) is 26.4 Å². The van der Waals surface area contributed by atoms with E-state index in [1.165, 1.54) is 19.2 Å². The highest BCUT2D eigenvalue weighted by atomic mass is 16.5. The zero-order valence-corrected chi connectivity index (χ0v) is 19.2. The summed E-state index contributed by atoms with van der Waals surface area (Å²) in [7, 11) is 1.53. The number of fused-ring (bicyclic) bond motifs is 1. The van der Waals surface area contributed by atoms with Gasteiger partial charge < -0.3 is 23.4 Å². The first-order valence-corrected chi connectivity index (χ1v) is 10.7. The van der Waals surface area contributed by atoms with Crippen LogP contribution in [0, 0.1) is 0 Å². The van der Waals surface area contributed by atoms with Crippen molar-refractivity contribution in [1.82, 2.24) is 10.9 Å². The molecule has 176 valence electrons. The van der Waals surface area contributed by atoms with Crippen LogP contribution in [0.4, 0.5) is 0 Å². The van der Waals surface area contributed by atoms with Crippen LogP contribution in [0.3, 0.4) is 0 Å². The van der Waals surface area contributed by atoms with Gasteiger partial charge in [-0.2, -0.15) is 0 Å². The van der Waals surface area contributed by atoms with Crippen LogP contribution in [0.2, 0.25) is 0 Å². The van der Waals surface area contributed by atoms with Gasteiger partial charge in [0.25, 0.3) is 5.91 Å². The van der Waals surface area contributed by atoms with Gasteiger partial charge in [-0.05, 0) is 39.0 Å². The van der Waals surface area contributed by atoms with Crippen LogP contribution in [-0.2, 0) is 11.3 Å². The van der Waals surface area contributed by atoms with E-state index in [4.69, 9.17) is 23.4 Å². The number of carbonyl (C=O) groups is 2. The number of nitrogens with one attached hydrogen (secondary N) is 2. The van der Waals surface area contributed by atoms with Crippen molar-refractivity contribution >= 4 is 22.8 Å². The Balaban J connectivity index is 1.82. The SMILES string of the molecule is CCOc1cc(C(=O)NNC(=O)c2oc3ccccc3c2COC)cc(OCC)c1OCC. The van der Waals surface area contributed by atoms with Gasteiger partial charge in [-0.3, -0.25) is 20.4 Å². The lowest BCUT2D eigenvalue weighted by Crippen LogP contribution is -2.41. The molecule has 0 fully saturated rings. The summed E-state index contributed by atoms with van der Waals surface area (Å²) in [5.41, 5.74) is 6.18. The highest BCUT2D eigenvalue weighted by Gasteiger charge is 2.22. The fraction of sp³-hybridized carbons (Fsp3) is 0.333. The first-order chi connectivity index (χ1) is 16.0. The van der Waals surface area contributed by atoms with Gasteiger partial charge in [-0.15, -0.1) is 0 Å². The normalized spacial score (nSPS) is 10.7. The van der Waals surface area contributed by atoms with Crippen LogP contribution < -0.4 is 25.1 Å². The van der Waals surface area contributed by atoms with Gasteiger partial charge in [0.15, 0.2) is 17.3 Å². The lowest BCUT2D eigenvalue weighted by atomic mass is 10.1. The van der Waals surface area contributed by atoms with Crippen LogP contribution in [0.25, 0.3) is 11.0 Å². The molecule has 9 heteroatoms. The van der Waals surface area contributed by atoms with Gasteiger partial charge in [0.1, 0.15) is 5.58 Å². The largest absolute Gasteiger partial charge is 0.490 e. The number of para-hydroxylation sites is 1. The number of methoxy groups -OCH3 is 1. The van der Waals surface area contributed by atoms with E-state index in [-0.39, 0.29) is 17.9 Å². The molecule has 1 aromatic heterocycles. The first kappa shape index (κ1) is 23.9. The topological polar surface area (TPSA) is 108 Å². The minimum absolute atomic E-state index is 0.0649. The Bertz CT molecular complexity index is 1100. The molecule has 33 heavy (non-hydrogen) atoms. The lowest BCUT2D eigenvalue weighted by molar-refractivity contribution is 0.0828. The molecule has 0 saturated heterocycles. The van der Waals surface area contributed by atoms with Crippen LogP contribution >= 0.6 is 0 Å². The molecule has 0 aliphatic heterocycles. The van der Waals surface area contributed by atoms with E-state index in [1.807, 2.05) is 39.0 Å². The number of hydrazine groups is 1. The molecule has 9 nitrogen and oxygen atoms in total. The van der Waals surface area contributed by atoms with Crippen molar-refractivity contribution in [1.29, 1.82) is 0 Å². The Morgan fingerprint density at radius 2 is 1.48 bits per heavy atom. The van der Waals surface area contributed by atoms with Crippen LogP contribution in [0.15, 0.2) is 40.8 Å². The third-order valence-electron chi connectivity index (χ3n) is 4.65. The summed E-state index contributed by atoms with van der Waals surface area (Å²) < 4.78 is 27.8. The fourth-order valence-corrected chi connectivity index (χ4v) is 3.33. The molecule has 0 radical (unpaired) electrons. The van der Waals surface area contributed by atoms with Crippen molar-refractivity contribution in [2.75, 3.05) is 26.9 Å². The number of carbonyl (C=O) groups excluding carboxylic acids is 2. The molecular formula is C24H28N2O7. The molecule has 2 aromatic carbocycles. The molecule has 0 bridgehead atoms. The summed E-state index contributed by atoms with van der Waals surface area (Å²) >= 11 is 0. The first-order valence-electron chi connectivity index (χ1n) is 10.7. The predicted molar refractivity (Wildman–Crippen MR) is 122 cm³/mol. The second-order valence-corrected chi connectivity index (χ2v) is 6.85. The Hall–Kier alpha value is -3.72. The van der Waals surface area contributed by atoms with E-state index in [0.29, 0.717) is 48.2 Å². The van der Waals surface area contributed by atoms with E-state index in [9.17, 15) is 9.59 Å². The van der Waals surface area contributed by atoms with Crippen LogP contribution in [-0.4, -0.2) is 38.7 Å². The van der Waals surface area contributed by atoms with Crippen molar-refractivity contribution < 1.29 is 33.0 Å². The van der Waals surface area contributed by atoms with Crippen LogP contribution in [0.5, 0.6) is 17.2 Å². The molecule has 0 aliphatic rings. The number of hydrogen-bond acceptors (Lipinski definition) is 7. The zero-order chi connectivity index (χ0) is 23.8. The number of furan rings is 1. The maximum Gasteiger partial charge on any atom is 0.305 e. The number of hydrogen-bond donors (Lipinski definition) is 2. The highest BCUT2D eigenvalue weighted by molar-refractivity contribution is 6.01. The molecule has 3 aromatic rings. The summed E-state index contributed by atoms with van der Waals surface area (Å²) in [5.74, 6) is 0.0801. The maximum atomic E-state index is 12.8. The third-order valence-corrected chi connectivity index (χ3v) is 4.65. The zero-order valence-electron chi connectivity index (χ0n) is 19.2.